The standard InChI is InChI=1S/C28H22ClF3N2O5/c1-3-38-24-13-17(7-10-23(24)39-15-18-6-4-5-16(2)11-18)12-20-25(35)33-27(37)34(26(20)36)22-14-19(28(30,31)32)8-9-21(22)29/h4-14H,3,15H2,1-2H3,(H,33,35,37)/b20-12-. The number of carbonyl (C=O) groups excluding carboxylic acids is 3. The Balaban J connectivity index is 1.65. The molecule has 11 heteroatoms. The van der Waals surface area contributed by atoms with Crippen LogP contribution in [-0.4, -0.2) is 24.5 Å². The molecule has 0 radical (unpaired) electrons. The van der Waals surface area contributed by atoms with Crippen molar-refractivity contribution in [3.63, 3.8) is 0 Å². The minimum Gasteiger partial charge on any atom is -0.490 e. The Morgan fingerprint density at radius 2 is 1.74 bits per heavy atom. The smallest absolute Gasteiger partial charge is 0.416 e. The quantitative estimate of drug-likeness (QED) is 0.271. The molecule has 1 heterocycles. The van der Waals surface area contributed by atoms with Gasteiger partial charge in [0.25, 0.3) is 11.8 Å². The molecule has 1 aliphatic heterocycles. The lowest BCUT2D eigenvalue weighted by molar-refractivity contribution is -0.137. The van der Waals surface area contributed by atoms with E-state index in [0.29, 0.717) is 34.6 Å². The average molecular weight is 559 g/mol. The lowest BCUT2D eigenvalue weighted by atomic mass is 10.1. The highest BCUT2D eigenvalue weighted by molar-refractivity contribution is 6.42. The van der Waals surface area contributed by atoms with Crippen molar-refractivity contribution in [3.8, 4) is 11.5 Å². The molecule has 4 amide bonds. The number of aryl methyl sites for hydroxylation is 1. The summed E-state index contributed by atoms with van der Waals surface area (Å²) in [5.41, 5.74) is 0.265. The summed E-state index contributed by atoms with van der Waals surface area (Å²) in [4.78, 5) is 38.7. The van der Waals surface area contributed by atoms with E-state index in [4.69, 9.17) is 21.1 Å². The number of imide groups is 2. The zero-order valence-electron chi connectivity index (χ0n) is 20.8. The van der Waals surface area contributed by atoms with E-state index < -0.39 is 40.8 Å². The van der Waals surface area contributed by atoms with Crippen LogP contribution in [0.1, 0.15) is 29.2 Å². The first-order chi connectivity index (χ1) is 18.5. The van der Waals surface area contributed by atoms with Gasteiger partial charge in [0.2, 0.25) is 0 Å². The SMILES string of the molecule is CCOc1cc(/C=C2/C(=O)NC(=O)N(c3cc(C(F)(F)F)ccc3Cl)C2=O)ccc1OCc1cccc(C)c1. The van der Waals surface area contributed by atoms with Crippen molar-refractivity contribution in [2.45, 2.75) is 26.6 Å². The molecule has 39 heavy (non-hydrogen) atoms. The molecule has 202 valence electrons. The number of carbonyl (C=O) groups is 3. The van der Waals surface area contributed by atoms with Gasteiger partial charge in [-0.3, -0.25) is 14.9 Å². The monoisotopic (exact) mass is 558 g/mol. The first-order valence-electron chi connectivity index (χ1n) is 11.7. The second kappa shape index (κ2) is 11.2. The van der Waals surface area contributed by atoms with E-state index in [1.165, 1.54) is 6.08 Å². The highest BCUT2D eigenvalue weighted by Crippen LogP contribution is 2.37. The summed E-state index contributed by atoms with van der Waals surface area (Å²) < 4.78 is 51.3. The summed E-state index contributed by atoms with van der Waals surface area (Å²) in [5.74, 6) is -1.38. The lowest BCUT2D eigenvalue weighted by Crippen LogP contribution is -2.54. The largest absolute Gasteiger partial charge is 0.490 e. The van der Waals surface area contributed by atoms with Gasteiger partial charge in [0.1, 0.15) is 12.2 Å². The van der Waals surface area contributed by atoms with Crippen LogP contribution in [-0.2, 0) is 22.4 Å². The van der Waals surface area contributed by atoms with Gasteiger partial charge in [0.05, 0.1) is 22.9 Å². The van der Waals surface area contributed by atoms with Crippen LogP contribution in [0.15, 0.2) is 66.2 Å². The van der Waals surface area contributed by atoms with Gasteiger partial charge in [-0.25, -0.2) is 9.69 Å². The summed E-state index contributed by atoms with van der Waals surface area (Å²) in [6.07, 6.45) is -3.55. The maximum absolute atomic E-state index is 13.3. The van der Waals surface area contributed by atoms with Crippen LogP contribution in [0.25, 0.3) is 6.08 Å². The van der Waals surface area contributed by atoms with Gasteiger partial charge in [0, 0.05) is 0 Å². The third kappa shape index (κ3) is 6.23. The summed E-state index contributed by atoms with van der Waals surface area (Å²) in [5, 5.41) is 1.69. The van der Waals surface area contributed by atoms with Crippen LogP contribution < -0.4 is 19.7 Å². The first kappa shape index (κ1) is 27.7. The fourth-order valence-electron chi connectivity index (χ4n) is 3.87. The van der Waals surface area contributed by atoms with Crippen molar-refractivity contribution in [2.75, 3.05) is 11.5 Å². The van der Waals surface area contributed by atoms with Crippen molar-refractivity contribution < 1.29 is 37.0 Å². The number of barbiturate groups is 1. The maximum Gasteiger partial charge on any atom is 0.416 e. The average Bonchev–Trinajstić information content (AvgIpc) is 2.86. The molecule has 0 aliphatic carbocycles. The Kier molecular flexibility index (Phi) is 7.96. The highest BCUT2D eigenvalue weighted by Gasteiger charge is 2.39. The van der Waals surface area contributed by atoms with Crippen LogP contribution in [0.3, 0.4) is 0 Å². The fourth-order valence-corrected chi connectivity index (χ4v) is 4.07. The number of nitrogens with one attached hydrogen (secondary N) is 1. The number of halogens is 4. The Bertz CT molecular complexity index is 1490. The second-order valence-electron chi connectivity index (χ2n) is 8.54. The Hall–Kier alpha value is -4.31. The predicted molar refractivity (Wildman–Crippen MR) is 139 cm³/mol. The molecule has 4 rings (SSSR count). The molecule has 0 atom stereocenters. The van der Waals surface area contributed by atoms with Gasteiger partial charge >= 0.3 is 12.2 Å². The highest BCUT2D eigenvalue weighted by atomic mass is 35.5. The fraction of sp³-hybridized carbons (Fsp3) is 0.179. The van der Waals surface area contributed by atoms with Crippen molar-refractivity contribution >= 4 is 41.2 Å². The number of rotatable bonds is 7. The Morgan fingerprint density at radius 1 is 0.974 bits per heavy atom. The zero-order valence-corrected chi connectivity index (χ0v) is 21.5. The number of anilines is 1. The predicted octanol–water partition coefficient (Wildman–Crippen LogP) is 6.31. The molecule has 1 aliphatic rings. The molecule has 7 nitrogen and oxygen atoms in total. The number of urea groups is 1. The van der Waals surface area contributed by atoms with Gasteiger partial charge in [-0.2, -0.15) is 13.2 Å². The maximum atomic E-state index is 13.3. The topological polar surface area (TPSA) is 84.9 Å². The number of ether oxygens (including phenoxy) is 2. The van der Waals surface area contributed by atoms with E-state index in [-0.39, 0.29) is 11.6 Å². The summed E-state index contributed by atoms with van der Waals surface area (Å²) in [6.45, 7) is 4.32. The Labute approximate surface area is 226 Å². The van der Waals surface area contributed by atoms with Crippen LogP contribution in [0, 0.1) is 6.92 Å². The van der Waals surface area contributed by atoms with Gasteiger partial charge in [-0.05, 0) is 61.4 Å². The number of alkyl halides is 3. The molecular weight excluding hydrogens is 537 g/mol. The van der Waals surface area contributed by atoms with Crippen molar-refractivity contribution in [2.24, 2.45) is 0 Å². The van der Waals surface area contributed by atoms with E-state index >= 15 is 0 Å². The minimum absolute atomic E-state index is 0.276. The van der Waals surface area contributed by atoms with E-state index in [2.05, 4.69) is 0 Å². The lowest BCUT2D eigenvalue weighted by Gasteiger charge is -2.27. The molecule has 0 bridgehead atoms. The zero-order chi connectivity index (χ0) is 28.3. The number of nitrogens with zero attached hydrogens (tertiary/aromatic N) is 1. The van der Waals surface area contributed by atoms with Crippen molar-refractivity contribution in [1.82, 2.24) is 5.32 Å². The van der Waals surface area contributed by atoms with Crippen LogP contribution in [0.2, 0.25) is 5.02 Å². The first-order valence-corrected chi connectivity index (χ1v) is 12.1. The van der Waals surface area contributed by atoms with Gasteiger partial charge < -0.3 is 9.47 Å². The number of hydrogen-bond donors (Lipinski definition) is 1. The van der Waals surface area contributed by atoms with E-state index in [1.54, 1.807) is 25.1 Å². The molecule has 0 spiro atoms. The number of benzene rings is 3. The van der Waals surface area contributed by atoms with Gasteiger partial charge in [-0.1, -0.05) is 47.5 Å². The second-order valence-corrected chi connectivity index (χ2v) is 8.95. The minimum atomic E-state index is -4.75. The Morgan fingerprint density at radius 3 is 2.44 bits per heavy atom. The van der Waals surface area contributed by atoms with Gasteiger partial charge in [-0.15, -0.1) is 0 Å². The molecule has 0 saturated carbocycles. The summed E-state index contributed by atoms with van der Waals surface area (Å²) in [6, 6.07) is 13.5. The summed E-state index contributed by atoms with van der Waals surface area (Å²) in [7, 11) is 0. The molecule has 0 unspecified atom stereocenters. The van der Waals surface area contributed by atoms with Crippen LogP contribution in [0.5, 0.6) is 11.5 Å². The molecule has 1 saturated heterocycles. The summed E-state index contributed by atoms with van der Waals surface area (Å²) >= 11 is 6.03. The third-order valence-corrected chi connectivity index (χ3v) is 5.99. The molecule has 3 aromatic rings. The van der Waals surface area contributed by atoms with Gasteiger partial charge in [0.15, 0.2) is 11.5 Å². The van der Waals surface area contributed by atoms with E-state index in [9.17, 15) is 27.6 Å². The normalized spacial score (nSPS) is 15.0. The van der Waals surface area contributed by atoms with E-state index in [1.807, 2.05) is 36.5 Å². The van der Waals surface area contributed by atoms with Crippen molar-refractivity contribution in [3.05, 3.63) is 93.5 Å². The molecule has 1 fully saturated rings. The van der Waals surface area contributed by atoms with E-state index in [0.717, 1.165) is 23.3 Å². The third-order valence-electron chi connectivity index (χ3n) is 5.67. The molecule has 0 aromatic heterocycles. The number of amides is 4. The molecular formula is C28H22ClF3N2O5. The van der Waals surface area contributed by atoms with Crippen LogP contribution in [0.4, 0.5) is 23.7 Å². The molecule has 3 aromatic carbocycles. The van der Waals surface area contributed by atoms with Crippen LogP contribution >= 0.6 is 11.6 Å². The number of hydrogen-bond acceptors (Lipinski definition) is 5. The molecule has 1 N–H and O–H groups in total. The van der Waals surface area contributed by atoms with Crippen molar-refractivity contribution in [1.29, 1.82) is 0 Å².